The largest absolute Gasteiger partial charge is 0.379 e. The van der Waals surface area contributed by atoms with E-state index >= 15 is 0 Å². The summed E-state index contributed by atoms with van der Waals surface area (Å²) in [6, 6.07) is 9.82. The lowest BCUT2D eigenvalue weighted by Crippen LogP contribution is -2.57. The number of rotatable bonds is 6. The lowest BCUT2D eigenvalue weighted by molar-refractivity contribution is -0.140. The molecule has 0 radical (unpaired) electrons. The van der Waals surface area contributed by atoms with E-state index in [1.807, 2.05) is 16.7 Å². The fraction of sp³-hybridized carbons (Fsp3) is 0.400. The Morgan fingerprint density at radius 2 is 1.94 bits per heavy atom. The highest BCUT2D eigenvalue weighted by molar-refractivity contribution is 5.91. The quantitative estimate of drug-likeness (QED) is 0.624. The normalized spacial score (nSPS) is 17.1. The molecule has 33 heavy (non-hydrogen) atoms. The number of carbonyl (C=O) groups is 2. The molecule has 1 fully saturated rings. The van der Waals surface area contributed by atoms with Crippen LogP contribution >= 0.6 is 0 Å². The average Bonchev–Trinajstić information content (AvgIpc) is 3.12. The Morgan fingerprint density at radius 1 is 1.18 bits per heavy atom. The van der Waals surface area contributed by atoms with E-state index in [0.717, 1.165) is 17.6 Å². The maximum Gasteiger partial charge on any atom is 0.247 e. The number of hydrogen-bond donors (Lipinski definition) is 1. The molecule has 8 heteroatoms. The fourth-order valence-corrected chi connectivity index (χ4v) is 4.24. The number of carbonyl (C=O) groups excluding carboxylic acids is 2. The van der Waals surface area contributed by atoms with Crippen LogP contribution in [0.3, 0.4) is 0 Å². The molecule has 0 spiro atoms. The van der Waals surface area contributed by atoms with Crippen molar-refractivity contribution in [3.8, 4) is 0 Å². The second-order valence-corrected chi connectivity index (χ2v) is 9.10. The summed E-state index contributed by atoms with van der Waals surface area (Å²) in [5, 5.41) is 2.84. The Bertz CT molecular complexity index is 1130. The minimum Gasteiger partial charge on any atom is -0.379 e. The molecule has 3 aromatic rings. The van der Waals surface area contributed by atoms with Gasteiger partial charge in [0.15, 0.2) is 0 Å². The third kappa shape index (κ3) is 5.76. The minimum atomic E-state index is -1.07. The van der Waals surface area contributed by atoms with Crippen molar-refractivity contribution in [1.82, 2.24) is 19.6 Å². The first kappa shape index (κ1) is 22.9. The molecule has 1 aliphatic heterocycles. The number of nitrogens with one attached hydrogen (secondary N) is 1. The Kier molecular flexibility index (Phi) is 6.74. The van der Waals surface area contributed by atoms with Crippen LogP contribution in [0.15, 0.2) is 55.0 Å². The predicted octanol–water partition coefficient (Wildman–Crippen LogP) is 2.63. The molecule has 2 aromatic heterocycles. The highest BCUT2D eigenvalue weighted by atomic mass is 19.1. The van der Waals surface area contributed by atoms with Crippen LogP contribution in [0.2, 0.25) is 0 Å². The van der Waals surface area contributed by atoms with E-state index in [-0.39, 0.29) is 30.0 Å². The highest BCUT2D eigenvalue weighted by Crippen LogP contribution is 2.18. The van der Waals surface area contributed by atoms with Crippen molar-refractivity contribution < 1.29 is 18.7 Å². The van der Waals surface area contributed by atoms with Crippen LogP contribution in [-0.2, 0) is 27.2 Å². The van der Waals surface area contributed by atoms with Crippen LogP contribution < -0.4 is 5.32 Å². The van der Waals surface area contributed by atoms with Gasteiger partial charge in [0.2, 0.25) is 11.8 Å². The van der Waals surface area contributed by atoms with Crippen molar-refractivity contribution in [2.24, 2.45) is 5.92 Å². The zero-order chi connectivity index (χ0) is 23.4. The summed E-state index contributed by atoms with van der Waals surface area (Å²) in [7, 11) is 0. The van der Waals surface area contributed by atoms with Gasteiger partial charge >= 0.3 is 0 Å². The molecule has 2 amide bonds. The predicted molar refractivity (Wildman–Crippen MR) is 122 cm³/mol. The third-order valence-electron chi connectivity index (χ3n) is 5.86. The first-order valence-electron chi connectivity index (χ1n) is 11.1. The Labute approximate surface area is 192 Å². The van der Waals surface area contributed by atoms with E-state index < -0.39 is 5.54 Å². The molecule has 174 valence electrons. The molecule has 3 heterocycles. The van der Waals surface area contributed by atoms with Crippen LogP contribution in [0.5, 0.6) is 0 Å². The van der Waals surface area contributed by atoms with Gasteiger partial charge in [0, 0.05) is 37.6 Å². The van der Waals surface area contributed by atoms with Crippen molar-refractivity contribution in [1.29, 1.82) is 0 Å². The Morgan fingerprint density at radius 3 is 2.73 bits per heavy atom. The summed E-state index contributed by atoms with van der Waals surface area (Å²) >= 11 is 0. The monoisotopic (exact) mass is 452 g/mol. The molecular formula is C25H29FN4O3. The summed E-state index contributed by atoms with van der Waals surface area (Å²) in [6.07, 6.45) is 6.59. The zero-order valence-electron chi connectivity index (χ0n) is 19.0. The van der Waals surface area contributed by atoms with E-state index in [1.54, 1.807) is 37.1 Å². The smallest absolute Gasteiger partial charge is 0.247 e. The zero-order valence-corrected chi connectivity index (χ0v) is 19.0. The van der Waals surface area contributed by atoms with Gasteiger partial charge in [0.25, 0.3) is 0 Å². The Hall–Kier alpha value is -3.26. The van der Waals surface area contributed by atoms with Gasteiger partial charge in [-0.15, -0.1) is 0 Å². The van der Waals surface area contributed by atoms with Crippen molar-refractivity contribution in [3.63, 3.8) is 0 Å². The van der Waals surface area contributed by atoms with Crippen molar-refractivity contribution in [2.75, 3.05) is 26.3 Å². The van der Waals surface area contributed by atoms with Crippen LogP contribution in [-0.4, -0.2) is 57.9 Å². The topological polar surface area (TPSA) is 75.9 Å². The second kappa shape index (κ2) is 9.70. The number of fused-ring (bicyclic) bond motifs is 1. The maximum absolute atomic E-state index is 13.3. The number of aromatic nitrogens is 2. The first-order chi connectivity index (χ1) is 15.8. The van der Waals surface area contributed by atoms with Crippen molar-refractivity contribution >= 4 is 17.5 Å². The van der Waals surface area contributed by atoms with Gasteiger partial charge in [0.05, 0.1) is 19.6 Å². The molecule has 1 unspecified atom stereocenters. The maximum atomic E-state index is 13.3. The number of imidazole rings is 1. The lowest BCUT2D eigenvalue weighted by Gasteiger charge is -2.33. The van der Waals surface area contributed by atoms with Crippen LogP contribution in [0.4, 0.5) is 4.39 Å². The molecule has 1 N–H and O–H groups in total. The molecular weight excluding hydrogens is 423 g/mol. The highest BCUT2D eigenvalue weighted by Gasteiger charge is 2.35. The van der Waals surface area contributed by atoms with Gasteiger partial charge in [-0.3, -0.25) is 9.59 Å². The van der Waals surface area contributed by atoms with E-state index in [4.69, 9.17) is 4.74 Å². The number of pyridine rings is 1. The van der Waals surface area contributed by atoms with Crippen LogP contribution in [0.1, 0.15) is 25.0 Å². The average molecular weight is 453 g/mol. The molecule has 0 bridgehead atoms. The summed E-state index contributed by atoms with van der Waals surface area (Å²) in [5.74, 6) is -0.632. The van der Waals surface area contributed by atoms with E-state index in [1.165, 1.54) is 12.1 Å². The minimum absolute atomic E-state index is 0.0828. The third-order valence-corrected chi connectivity index (χ3v) is 5.86. The van der Waals surface area contributed by atoms with Crippen LogP contribution in [0.25, 0.3) is 5.65 Å². The number of amides is 2. The van der Waals surface area contributed by atoms with Gasteiger partial charge in [-0.2, -0.15) is 0 Å². The lowest BCUT2D eigenvalue weighted by atomic mass is 9.98. The van der Waals surface area contributed by atoms with E-state index in [0.29, 0.717) is 31.9 Å². The molecule has 1 atom stereocenters. The number of benzene rings is 1. The molecule has 0 saturated carbocycles. The molecule has 1 aromatic carbocycles. The standard InChI is InChI=1S/C25H29FN4O3/c1-25(2,28-23(31)14-18-3-6-21(26)7-4-18)24(32)30-11-12-33-17-20(16-30)13-19-5-8-22-27-9-10-29(22)15-19/h3-10,15,20H,11-14,16-17H2,1-2H3,(H,28,31). The molecule has 1 aliphatic rings. The molecule has 0 aliphatic carbocycles. The number of nitrogens with zero attached hydrogens (tertiary/aromatic N) is 3. The Balaban J connectivity index is 1.38. The van der Waals surface area contributed by atoms with Gasteiger partial charge in [-0.25, -0.2) is 9.37 Å². The van der Waals surface area contributed by atoms with E-state index in [2.05, 4.69) is 22.6 Å². The summed E-state index contributed by atoms with van der Waals surface area (Å²) in [5.41, 5.74) is 1.66. The molecule has 1 saturated heterocycles. The number of hydrogen-bond acceptors (Lipinski definition) is 4. The van der Waals surface area contributed by atoms with Crippen molar-refractivity contribution in [2.45, 2.75) is 32.2 Å². The van der Waals surface area contributed by atoms with Crippen molar-refractivity contribution in [3.05, 3.63) is 71.9 Å². The second-order valence-electron chi connectivity index (χ2n) is 9.10. The summed E-state index contributed by atoms with van der Waals surface area (Å²) in [4.78, 5) is 31.9. The van der Waals surface area contributed by atoms with Gasteiger partial charge < -0.3 is 19.4 Å². The van der Waals surface area contributed by atoms with Gasteiger partial charge in [-0.1, -0.05) is 18.2 Å². The summed E-state index contributed by atoms with van der Waals surface area (Å²) in [6.45, 7) is 5.49. The molecule has 4 rings (SSSR count). The van der Waals surface area contributed by atoms with Gasteiger partial charge in [-0.05, 0) is 49.6 Å². The number of ether oxygens (including phenoxy) is 1. The molecule has 7 nitrogen and oxygen atoms in total. The summed E-state index contributed by atoms with van der Waals surface area (Å²) < 4.78 is 20.9. The van der Waals surface area contributed by atoms with Crippen LogP contribution in [0, 0.1) is 11.7 Å². The van der Waals surface area contributed by atoms with E-state index in [9.17, 15) is 14.0 Å². The first-order valence-corrected chi connectivity index (χ1v) is 11.1. The van der Waals surface area contributed by atoms with Gasteiger partial charge in [0.1, 0.15) is 17.0 Å². The number of halogens is 1. The SMILES string of the molecule is CC(C)(NC(=O)Cc1ccc(F)cc1)C(=O)N1CCOCC(Cc2ccc3nccn3c2)C1. The fourth-order valence-electron chi connectivity index (χ4n) is 4.24.